The number of fused-ring (bicyclic) bond motifs is 2. The van der Waals surface area contributed by atoms with Gasteiger partial charge in [-0.15, -0.1) is 10.2 Å². The number of H-pyrrole nitrogens is 1. The highest BCUT2D eigenvalue weighted by molar-refractivity contribution is 5.73. The Balaban J connectivity index is 1.31. The van der Waals surface area contributed by atoms with Crippen LogP contribution >= 0.6 is 0 Å². The zero-order chi connectivity index (χ0) is 19.1. The fourth-order valence-electron chi connectivity index (χ4n) is 4.49. The fourth-order valence-corrected chi connectivity index (χ4v) is 4.49. The maximum Gasteiger partial charge on any atom is 0.233 e. The van der Waals surface area contributed by atoms with E-state index in [4.69, 9.17) is 4.74 Å². The first kappa shape index (κ1) is 17.2. The number of phenolic OH excluding ortho intramolecular Hbond substituents is 1. The number of ether oxygens (including phenoxy) is 1. The first-order valence-electron chi connectivity index (χ1n) is 9.69. The van der Waals surface area contributed by atoms with Crippen molar-refractivity contribution < 1.29 is 9.84 Å². The summed E-state index contributed by atoms with van der Waals surface area (Å²) in [5, 5.41) is 29.3. The summed E-state index contributed by atoms with van der Waals surface area (Å²) in [4.78, 5) is 0. The van der Waals surface area contributed by atoms with Gasteiger partial charge in [0.25, 0.3) is 0 Å². The highest BCUT2D eigenvalue weighted by atomic mass is 16.5. The van der Waals surface area contributed by atoms with E-state index < -0.39 is 0 Å². The molecule has 7 heteroatoms. The van der Waals surface area contributed by atoms with E-state index in [0.717, 1.165) is 24.0 Å². The maximum atomic E-state index is 10.4. The van der Waals surface area contributed by atoms with E-state index in [1.807, 2.05) is 24.3 Å². The summed E-state index contributed by atoms with van der Waals surface area (Å²) in [6, 6.07) is 9.69. The summed E-state index contributed by atoms with van der Waals surface area (Å²) in [5.74, 6) is 0.692. The van der Waals surface area contributed by atoms with E-state index in [1.165, 1.54) is 12.8 Å². The first-order chi connectivity index (χ1) is 13.6. The molecule has 3 N–H and O–H groups in total. The lowest BCUT2D eigenvalue weighted by atomic mass is 9.91. The number of piperidine rings is 1. The second kappa shape index (κ2) is 6.60. The second-order valence-corrected chi connectivity index (χ2v) is 8.10. The summed E-state index contributed by atoms with van der Waals surface area (Å²) in [6.45, 7) is 2.27. The van der Waals surface area contributed by atoms with Crippen molar-refractivity contribution in [3.63, 3.8) is 0 Å². The van der Waals surface area contributed by atoms with Gasteiger partial charge >= 0.3 is 0 Å². The Hall–Kier alpha value is -2.93. The van der Waals surface area contributed by atoms with Gasteiger partial charge in [-0.05, 0) is 49.9 Å². The van der Waals surface area contributed by atoms with E-state index in [1.54, 1.807) is 18.5 Å². The quantitative estimate of drug-likeness (QED) is 0.646. The number of aromatic amines is 1. The molecule has 1 unspecified atom stereocenters. The molecule has 0 aliphatic carbocycles. The van der Waals surface area contributed by atoms with Gasteiger partial charge in [0.15, 0.2) is 0 Å². The van der Waals surface area contributed by atoms with Gasteiger partial charge in [0.2, 0.25) is 5.88 Å². The van der Waals surface area contributed by atoms with E-state index in [2.05, 4.69) is 32.6 Å². The Morgan fingerprint density at radius 2 is 2.11 bits per heavy atom. The smallest absolute Gasteiger partial charge is 0.233 e. The van der Waals surface area contributed by atoms with Gasteiger partial charge in [-0.3, -0.25) is 5.10 Å². The molecule has 2 saturated heterocycles. The van der Waals surface area contributed by atoms with Crippen LogP contribution in [0.4, 0.5) is 0 Å². The maximum absolute atomic E-state index is 10.4. The van der Waals surface area contributed by atoms with Crippen molar-refractivity contribution >= 4 is 0 Å². The number of nitrogens with zero attached hydrogens (tertiary/aromatic N) is 3. The van der Waals surface area contributed by atoms with Gasteiger partial charge < -0.3 is 15.2 Å². The molecule has 2 aliphatic heterocycles. The van der Waals surface area contributed by atoms with Crippen molar-refractivity contribution in [1.82, 2.24) is 25.7 Å². The topological polar surface area (TPSA) is 96.0 Å². The molecule has 0 radical (unpaired) electrons. The van der Waals surface area contributed by atoms with Crippen LogP contribution in [0.5, 0.6) is 11.6 Å². The number of phenols is 1. The summed E-state index contributed by atoms with van der Waals surface area (Å²) in [5.41, 5.74) is 3.24. The summed E-state index contributed by atoms with van der Waals surface area (Å²) >= 11 is 0. The SMILES string of the molecule is C[C@@]12CCC(C[C@H](Oc3ccc(-c4ccc(-c5cn[nH]c5)cc4O)nn3)C1)N2. The normalized spacial score (nSPS) is 26.3. The van der Waals surface area contributed by atoms with Crippen LogP contribution in [0.15, 0.2) is 42.7 Å². The van der Waals surface area contributed by atoms with Crippen LogP contribution in [-0.2, 0) is 0 Å². The third kappa shape index (κ3) is 3.22. The number of hydrogen-bond donors (Lipinski definition) is 3. The molecule has 2 fully saturated rings. The number of hydrogen-bond acceptors (Lipinski definition) is 6. The highest BCUT2D eigenvalue weighted by Gasteiger charge is 2.42. The second-order valence-electron chi connectivity index (χ2n) is 8.10. The Bertz CT molecular complexity index is 973. The molecule has 3 atom stereocenters. The first-order valence-corrected chi connectivity index (χ1v) is 9.69. The van der Waals surface area contributed by atoms with Gasteiger partial charge in [-0.2, -0.15) is 5.10 Å². The third-order valence-electron chi connectivity index (χ3n) is 5.86. The summed E-state index contributed by atoms with van der Waals surface area (Å²) in [6.07, 6.45) is 8.09. The summed E-state index contributed by atoms with van der Waals surface area (Å²) in [7, 11) is 0. The molecule has 5 rings (SSSR count). The number of rotatable bonds is 4. The van der Waals surface area contributed by atoms with Crippen molar-refractivity contribution in [3.05, 3.63) is 42.7 Å². The summed E-state index contributed by atoms with van der Waals surface area (Å²) < 4.78 is 6.10. The lowest BCUT2D eigenvalue weighted by molar-refractivity contribution is 0.103. The number of aromatic hydroxyl groups is 1. The predicted molar refractivity (Wildman–Crippen MR) is 105 cm³/mol. The van der Waals surface area contributed by atoms with Gasteiger partial charge in [0, 0.05) is 41.4 Å². The van der Waals surface area contributed by atoms with Gasteiger partial charge in [-0.1, -0.05) is 6.07 Å². The van der Waals surface area contributed by atoms with E-state index in [9.17, 15) is 5.11 Å². The molecule has 1 aromatic carbocycles. The number of nitrogens with one attached hydrogen (secondary N) is 2. The van der Waals surface area contributed by atoms with Crippen molar-refractivity contribution in [2.75, 3.05) is 0 Å². The average Bonchev–Trinajstić information content (AvgIpc) is 3.30. The fraction of sp³-hybridized carbons (Fsp3) is 0.381. The van der Waals surface area contributed by atoms with E-state index in [0.29, 0.717) is 23.2 Å². The number of benzene rings is 1. The van der Waals surface area contributed by atoms with E-state index >= 15 is 0 Å². The van der Waals surface area contributed by atoms with Gasteiger partial charge in [0.05, 0.1) is 11.9 Å². The molecule has 0 amide bonds. The number of aromatic nitrogens is 4. The predicted octanol–water partition coefficient (Wildman–Crippen LogP) is 3.29. The van der Waals surface area contributed by atoms with Gasteiger partial charge in [-0.25, -0.2) is 0 Å². The Labute approximate surface area is 163 Å². The molecular weight excluding hydrogens is 354 g/mol. The molecule has 0 spiro atoms. The average molecular weight is 377 g/mol. The molecule has 7 nitrogen and oxygen atoms in total. The van der Waals surface area contributed by atoms with Crippen molar-refractivity contribution in [3.8, 4) is 34.0 Å². The minimum atomic E-state index is 0.157. The molecule has 28 heavy (non-hydrogen) atoms. The Morgan fingerprint density at radius 1 is 1.18 bits per heavy atom. The molecule has 3 aromatic rings. The van der Waals surface area contributed by atoms with Gasteiger partial charge in [0.1, 0.15) is 11.9 Å². The molecule has 2 bridgehead atoms. The molecule has 144 valence electrons. The minimum absolute atomic E-state index is 0.157. The zero-order valence-electron chi connectivity index (χ0n) is 15.7. The van der Waals surface area contributed by atoms with E-state index in [-0.39, 0.29) is 17.4 Å². The van der Waals surface area contributed by atoms with Crippen LogP contribution in [0, 0.1) is 0 Å². The Kier molecular flexibility index (Phi) is 4.05. The molecular formula is C21H23N5O2. The lowest BCUT2D eigenvalue weighted by Gasteiger charge is -2.36. The minimum Gasteiger partial charge on any atom is -0.507 e. The zero-order valence-corrected chi connectivity index (χ0v) is 15.7. The lowest BCUT2D eigenvalue weighted by Crippen LogP contribution is -2.50. The van der Waals surface area contributed by atoms with Crippen LogP contribution in [0.3, 0.4) is 0 Å². The molecule has 2 aliphatic rings. The van der Waals surface area contributed by atoms with Crippen LogP contribution < -0.4 is 10.1 Å². The third-order valence-corrected chi connectivity index (χ3v) is 5.86. The standard InChI is InChI=1S/C21H23N5O2/c1-21-7-6-15(24-21)9-16(10-21)28-20-5-4-18(25-26-20)17-3-2-13(8-19(17)27)14-11-22-23-12-14/h2-5,8,11-12,15-16,24,27H,6-7,9-10H2,1H3,(H,22,23)/t15?,16-,21+/m0/s1. The van der Waals surface area contributed by atoms with Crippen molar-refractivity contribution in [2.24, 2.45) is 0 Å². The monoisotopic (exact) mass is 377 g/mol. The van der Waals surface area contributed by atoms with Crippen molar-refractivity contribution in [1.29, 1.82) is 0 Å². The Morgan fingerprint density at radius 3 is 2.82 bits per heavy atom. The van der Waals surface area contributed by atoms with Crippen LogP contribution in [-0.4, -0.2) is 43.2 Å². The molecule has 0 saturated carbocycles. The van der Waals surface area contributed by atoms with Crippen LogP contribution in [0.25, 0.3) is 22.4 Å². The van der Waals surface area contributed by atoms with Crippen LogP contribution in [0.2, 0.25) is 0 Å². The molecule has 4 heterocycles. The largest absolute Gasteiger partial charge is 0.507 e. The highest BCUT2D eigenvalue weighted by Crippen LogP contribution is 2.37. The van der Waals surface area contributed by atoms with Crippen molar-refractivity contribution in [2.45, 2.75) is 50.3 Å². The van der Waals surface area contributed by atoms with Crippen LogP contribution in [0.1, 0.15) is 32.6 Å². The molecule has 2 aromatic heterocycles.